The highest BCUT2D eigenvalue weighted by Gasteiger charge is 2.24. The number of carbonyl (C=O) groups is 3. The van der Waals surface area contributed by atoms with Crippen molar-refractivity contribution >= 4 is 17.8 Å². The fourth-order valence-electron chi connectivity index (χ4n) is 3.41. The Morgan fingerprint density at radius 1 is 0.833 bits per heavy atom. The summed E-state index contributed by atoms with van der Waals surface area (Å²) in [6.07, 6.45) is 0.693. The summed E-state index contributed by atoms with van der Waals surface area (Å²) >= 11 is 0. The van der Waals surface area contributed by atoms with Gasteiger partial charge in [-0.05, 0) is 55.8 Å². The third-order valence-corrected chi connectivity index (χ3v) is 4.83. The third-order valence-electron chi connectivity index (χ3n) is 4.83. The zero-order valence-corrected chi connectivity index (χ0v) is 17.3. The van der Waals surface area contributed by atoms with Crippen LogP contribution in [0, 0.1) is 0 Å². The molecule has 1 aliphatic heterocycles. The maximum atomic E-state index is 12.9. The molecular formula is C23H26N2O5. The van der Waals surface area contributed by atoms with Crippen molar-refractivity contribution in [2.45, 2.75) is 20.3 Å². The number of hydrogen-bond donors (Lipinski definition) is 0. The van der Waals surface area contributed by atoms with Crippen LogP contribution in [0.5, 0.6) is 11.5 Å². The van der Waals surface area contributed by atoms with Gasteiger partial charge in [0.25, 0.3) is 11.8 Å². The fourth-order valence-corrected chi connectivity index (χ4v) is 3.41. The van der Waals surface area contributed by atoms with Crippen molar-refractivity contribution in [3.8, 4) is 11.5 Å². The highest BCUT2D eigenvalue weighted by molar-refractivity contribution is 5.96. The van der Waals surface area contributed by atoms with E-state index in [1.54, 1.807) is 58.3 Å². The molecule has 1 fully saturated rings. The molecular weight excluding hydrogens is 384 g/mol. The normalized spacial score (nSPS) is 14.1. The van der Waals surface area contributed by atoms with Crippen molar-refractivity contribution in [3.63, 3.8) is 0 Å². The molecule has 1 saturated heterocycles. The lowest BCUT2D eigenvalue weighted by atomic mass is 10.2. The molecule has 30 heavy (non-hydrogen) atoms. The summed E-state index contributed by atoms with van der Waals surface area (Å²) in [6, 6.07) is 13.7. The van der Waals surface area contributed by atoms with E-state index in [-0.39, 0.29) is 11.8 Å². The summed E-state index contributed by atoms with van der Waals surface area (Å²) in [7, 11) is 0. The summed E-state index contributed by atoms with van der Waals surface area (Å²) in [6.45, 7) is 5.86. The Hall–Kier alpha value is -3.35. The van der Waals surface area contributed by atoms with E-state index >= 15 is 0 Å². The maximum absolute atomic E-state index is 12.9. The minimum Gasteiger partial charge on any atom is -0.494 e. The van der Waals surface area contributed by atoms with Crippen LogP contribution in [0.15, 0.2) is 48.5 Å². The van der Waals surface area contributed by atoms with Gasteiger partial charge in [-0.25, -0.2) is 0 Å². The van der Waals surface area contributed by atoms with Crippen molar-refractivity contribution < 1.29 is 23.9 Å². The summed E-state index contributed by atoms with van der Waals surface area (Å²) in [5.74, 6) is 0.453. The van der Waals surface area contributed by atoms with Crippen molar-refractivity contribution in [1.82, 2.24) is 9.80 Å². The summed E-state index contributed by atoms with van der Waals surface area (Å²) in [5.41, 5.74) is 1.06. The summed E-state index contributed by atoms with van der Waals surface area (Å²) in [4.78, 5) is 40.4. The van der Waals surface area contributed by atoms with Gasteiger partial charge in [-0.1, -0.05) is 6.07 Å². The van der Waals surface area contributed by atoms with Gasteiger partial charge in [0.1, 0.15) is 11.5 Å². The average Bonchev–Trinajstić information content (AvgIpc) is 2.99. The molecule has 0 aromatic heterocycles. The van der Waals surface area contributed by atoms with Crippen molar-refractivity contribution in [2.75, 3.05) is 32.8 Å². The van der Waals surface area contributed by atoms with Crippen LogP contribution in [0.1, 0.15) is 41.0 Å². The van der Waals surface area contributed by atoms with Crippen LogP contribution in [0.2, 0.25) is 0 Å². The number of rotatable bonds is 5. The Balaban J connectivity index is 1.63. The molecule has 7 nitrogen and oxygen atoms in total. The zero-order valence-electron chi connectivity index (χ0n) is 17.3. The summed E-state index contributed by atoms with van der Waals surface area (Å²) in [5, 5.41) is 0. The predicted octanol–water partition coefficient (Wildman–Crippen LogP) is 3.00. The molecule has 1 heterocycles. The lowest BCUT2D eigenvalue weighted by Gasteiger charge is -2.22. The minimum atomic E-state index is -0.433. The van der Waals surface area contributed by atoms with E-state index in [2.05, 4.69) is 0 Å². The van der Waals surface area contributed by atoms with Gasteiger partial charge in [0.2, 0.25) is 0 Å². The monoisotopic (exact) mass is 410 g/mol. The van der Waals surface area contributed by atoms with Gasteiger partial charge in [-0.3, -0.25) is 14.4 Å². The van der Waals surface area contributed by atoms with Gasteiger partial charge >= 0.3 is 5.97 Å². The molecule has 2 aromatic rings. The molecule has 2 aromatic carbocycles. The van der Waals surface area contributed by atoms with E-state index in [9.17, 15) is 14.4 Å². The Kier molecular flexibility index (Phi) is 7.06. The molecule has 0 saturated carbocycles. The van der Waals surface area contributed by atoms with E-state index in [1.807, 2.05) is 6.92 Å². The topological polar surface area (TPSA) is 76.2 Å². The molecule has 3 rings (SSSR count). The second-order valence-corrected chi connectivity index (χ2v) is 7.02. The molecule has 1 aliphatic rings. The SMILES string of the molecule is CCOc1ccc(C(=O)N2CCCN(C(=O)c3cccc(OC(C)=O)c3)CC2)cc1. The first-order valence-electron chi connectivity index (χ1n) is 10.1. The van der Waals surface area contributed by atoms with Crippen molar-refractivity contribution in [1.29, 1.82) is 0 Å². The maximum Gasteiger partial charge on any atom is 0.308 e. The minimum absolute atomic E-state index is 0.0517. The number of carbonyl (C=O) groups excluding carboxylic acids is 3. The zero-order chi connectivity index (χ0) is 21.5. The quantitative estimate of drug-likeness (QED) is 0.560. The summed E-state index contributed by atoms with van der Waals surface area (Å²) < 4.78 is 10.5. The number of hydrogen-bond acceptors (Lipinski definition) is 5. The Labute approximate surface area is 176 Å². The first-order valence-corrected chi connectivity index (χ1v) is 10.1. The van der Waals surface area contributed by atoms with Gasteiger partial charge in [-0.15, -0.1) is 0 Å². The largest absolute Gasteiger partial charge is 0.494 e. The number of amides is 2. The van der Waals surface area contributed by atoms with Crippen LogP contribution in [0.4, 0.5) is 0 Å². The van der Waals surface area contributed by atoms with Gasteiger partial charge in [0, 0.05) is 44.2 Å². The van der Waals surface area contributed by atoms with Crippen LogP contribution in [0.25, 0.3) is 0 Å². The van der Waals surface area contributed by atoms with Gasteiger partial charge in [0.15, 0.2) is 0 Å². The molecule has 2 amide bonds. The molecule has 0 N–H and O–H groups in total. The molecule has 7 heteroatoms. The second kappa shape index (κ2) is 9.91. The fraction of sp³-hybridized carbons (Fsp3) is 0.348. The molecule has 0 atom stereocenters. The van der Waals surface area contributed by atoms with Crippen LogP contribution in [-0.4, -0.2) is 60.4 Å². The van der Waals surface area contributed by atoms with Crippen LogP contribution in [0.3, 0.4) is 0 Å². The second-order valence-electron chi connectivity index (χ2n) is 7.02. The lowest BCUT2D eigenvalue weighted by Crippen LogP contribution is -2.37. The van der Waals surface area contributed by atoms with Gasteiger partial charge in [-0.2, -0.15) is 0 Å². The van der Waals surface area contributed by atoms with E-state index in [0.717, 1.165) is 5.75 Å². The predicted molar refractivity (Wildman–Crippen MR) is 112 cm³/mol. The number of benzene rings is 2. The molecule has 0 unspecified atom stereocenters. The Bertz CT molecular complexity index is 910. The first-order chi connectivity index (χ1) is 14.5. The Morgan fingerprint density at radius 2 is 1.47 bits per heavy atom. The van der Waals surface area contributed by atoms with Crippen LogP contribution < -0.4 is 9.47 Å². The van der Waals surface area contributed by atoms with E-state index < -0.39 is 5.97 Å². The highest BCUT2D eigenvalue weighted by atomic mass is 16.5. The Morgan fingerprint density at radius 3 is 2.07 bits per heavy atom. The highest BCUT2D eigenvalue weighted by Crippen LogP contribution is 2.18. The molecule has 0 bridgehead atoms. The molecule has 158 valence electrons. The molecule has 0 spiro atoms. The molecule has 0 radical (unpaired) electrons. The van der Waals surface area contributed by atoms with Gasteiger partial charge < -0.3 is 19.3 Å². The van der Waals surface area contributed by atoms with E-state index in [0.29, 0.717) is 56.1 Å². The average molecular weight is 410 g/mol. The first kappa shape index (κ1) is 21.4. The van der Waals surface area contributed by atoms with Gasteiger partial charge in [0.05, 0.1) is 6.61 Å². The van der Waals surface area contributed by atoms with E-state index in [1.165, 1.54) is 6.92 Å². The van der Waals surface area contributed by atoms with Crippen LogP contribution in [-0.2, 0) is 4.79 Å². The van der Waals surface area contributed by atoms with Crippen LogP contribution >= 0.6 is 0 Å². The molecule has 0 aliphatic carbocycles. The van der Waals surface area contributed by atoms with Crippen molar-refractivity contribution in [3.05, 3.63) is 59.7 Å². The third kappa shape index (κ3) is 5.37. The smallest absolute Gasteiger partial charge is 0.308 e. The van der Waals surface area contributed by atoms with E-state index in [4.69, 9.17) is 9.47 Å². The van der Waals surface area contributed by atoms with Crippen molar-refractivity contribution in [2.24, 2.45) is 0 Å². The number of esters is 1. The number of nitrogens with zero attached hydrogens (tertiary/aromatic N) is 2. The standard InChI is InChI=1S/C23H26N2O5/c1-3-29-20-10-8-18(9-11-20)22(27)24-12-5-13-25(15-14-24)23(28)19-6-4-7-21(16-19)30-17(2)26/h4,6-11,16H,3,5,12-15H2,1-2H3. The lowest BCUT2D eigenvalue weighted by molar-refractivity contribution is -0.131. The number of ether oxygens (including phenoxy) is 2.